The Morgan fingerprint density at radius 2 is 1.87 bits per heavy atom. The minimum Gasteiger partial charge on any atom is -0.488 e. The van der Waals surface area contributed by atoms with Crippen LogP contribution >= 0.6 is 11.3 Å². The summed E-state index contributed by atoms with van der Waals surface area (Å²) in [4.78, 5) is 14.6. The number of carbonyl (C=O) groups excluding carboxylic acids is 1. The molecule has 2 aromatic rings. The van der Waals surface area contributed by atoms with Crippen LogP contribution in [0.2, 0.25) is 0 Å². The van der Waals surface area contributed by atoms with Gasteiger partial charge in [0.05, 0.1) is 4.88 Å². The lowest BCUT2D eigenvalue weighted by Crippen LogP contribution is -2.41. The van der Waals surface area contributed by atoms with Crippen molar-refractivity contribution in [1.82, 2.24) is 5.32 Å². The summed E-state index contributed by atoms with van der Waals surface area (Å²) in [6.07, 6.45) is 0. The van der Waals surface area contributed by atoms with Gasteiger partial charge in [-0.2, -0.15) is 0 Å². The number of thiophene rings is 1. The molecule has 0 fully saturated rings. The Bertz CT molecular complexity index is 710. The number of amides is 1. The molecule has 0 unspecified atom stereocenters. The Morgan fingerprint density at radius 1 is 1.17 bits per heavy atom. The second-order valence-corrected chi connectivity index (χ2v) is 7.79. The lowest BCUT2D eigenvalue weighted by Gasteiger charge is -2.25. The van der Waals surface area contributed by atoms with Crippen molar-refractivity contribution in [2.75, 3.05) is 0 Å². The summed E-state index contributed by atoms with van der Waals surface area (Å²) in [5.74, 6) is 1.75. The molecule has 4 heteroatoms. The van der Waals surface area contributed by atoms with Crippen molar-refractivity contribution in [2.45, 2.75) is 40.3 Å². The number of rotatable bonds is 4. The highest BCUT2D eigenvalue weighted by Crippen LogP contribution is 2.42. The van der Waals surface area contributed by atoms with E-state index in [0.717, 1.165) is 26.6 Å². The van der Waals surface area contributed by atoms with Gasteiger partial charge >= 0.3 is 0 Å². The van der Waals surface area contributed by atoms with Crippen molar-refractivity contribution in [1.29, 1.82) is 0 Å². The van der Waals surface area contributed by atoms with Crippen LogP contribution in [0, 0.1) is 11.8 Å². The average Bonchev–Trinajstić information content (AvgIpc) is 2.96. The quantitative estimate of drug-likeness (QED) is 0.881. The Hall–Kier alpha value is -1.81. The van der Waals surface area contributed by atoms with Crippen LogP contribution in [0.4, 0.5) is 0 Å². The van der Waals surface area contributed by atoms with Gasteiger partial charge in [0, 0.05) is 22.0 Å². The molecule has 1 aliphatic rings. The summed E-state index contributed by atoms with van der Waals surface area (Å²) in [5, 5.41) is 3.20. The van der Waals surface area contributed by atoms with Crippen LogP contribution in [-0.4, -0.2) is 11.9 Å². The Labute approximate surface area is 141 Å². The highest BCUT2D eigenvalue weighted by Gasteiger charge is 2.25. The summed E-state index contributed by atoms with van der Waals surface area (Å²) < 4.78 is 5.78. The molecule has 1 N–H and O–H groups in total. The third kappa shape index (κ3) is 3.13. The maximum absolute atomic E-state index is 12.7. The fourth-order valence-corrected chi connectivity index (χ4v) is 4.24. The molecule has 122 valence electrons. The summed E-state index contributed by atoms with van der Waals surface area (Å²) in [6, 6.07) is 10.2. The Morgan fingerprint density at radius 3 is 2.57 bits per heavy atom. The molecule has 3 nitrogen and oxygen atoms in total. The zero-order chi connectivity index (χ0) is 16.6. The molecule has 0 radical (unpaired) electrons. The number of hydrogen-bond acceptors (Lipinski definition) is 3. The SMILES string of the molecule is CC(C)C(NC(=O)c1cc2c(s1)-c1ccccc1OC2)C(C)C. The van der Waals surface area contributed by atoms with Gasteiger partial charge in [-0.25, -0.2) is 0 Å². The van der Waals surface area contributed by atoms with E-state index in [-0.39, 0.29) is 11.9 Å². The van der Waals surface area contributed by atoms with E-state index in [4.69, 9.17) is 4.74 Å². The van der Waals surface area contributed by atoms with E-state index in [2.05, 4.69) is 39.1 Å². The Kier molecular flexibility index (Phi) is 4.44. The number of para-hydroxylation sites is 1. The van der Waals surface area contributed by atoms with Crippen LogP contribution in [0.5, 0.6) is 5.75 Å². The van der Waals surface area contributed by atoms with E-state index < -0.39 is 0 Å². The average molecular weight is 329 g/mol. The van der Waals surface area contributed by atoms with Crippen molar-refractivity contribution in [3.63, 3.8) is 0 Å². The van der Waals surface area contributed by atoms with Crippen LogP contribution in [-0.2, 0) is 6.61 Å². The molecule has 0 saturated heterocycles. The molecular weight excluding hydrogens is 306 g/mol. The maximum atomic E-state index is 12.7. The zero-order valence-electron chi connectivity index (χ0n) is 14.1. The third-order valence-electron chi connectivity index (χ3n) is 4.28. The lowest BCUT2D eigenvalue weighted by molar-refractivity contribution is 0.0914. The Balaban J connectivity index is 1.86. The van der Waals surface area contributed by atoms with Gasteiger partial charge in [-0.05, 0) is 30.0 Å². The number of carbonyl (C=O) groups is 1. The number of fused-ring (bicyclic) bond motifs is 3. The second-order valence-electron chi connectivity index (χ2n) is 6.74. The molecule has 1 amide bonds. The molecule has 1 aliphatic heterocycles. The van der Waals surface area contributed by atoms with Crippen molar-refractivity contribution in [3.8, 4) is 16.2 Å². The molecule has 2 heterocycles. The summed E-state index contributed by atoms with van der Waals surface area (Å²) in [5.41, 5.74) is 2.19. The van der Waals surface area contributed by atoms with E-state index in [1.165, 1.54) is 0 Å². The number of hydrogen-bond donors (Lipinski definition) is 1. The molecular formula is C19H23NO2S. The fraction of sp³-hybridized carbons (Fsp3) is 0.421. The monoisotopic (exact) mass is 329 g/mol. The summed E-state index contributed by atoms with van der Waals surface area (Å²) >= 11 is 1.56. The van der Waals surface area contributed by atoms with E-state index in [9.17, 15) is 4.79 Å². The van der Waals surface area contributed by atoms with Crippen molar-refractivity contribution < 1.29 is 9.53 Å². The first-order valence-corrected chi connectivity index (χ1v) is 8.94. The van der Waals surface area contributed by atoms with E-state index in [1.54, 1.807) is 11.3 Å². The van der Waals surface area contributed by atoms with E-state index in [1.807, 2.05) is 24.3 Å². The fourth-order valence-electron chi connectivity index (χ4n) is 3.14. The molecule has 1 aromatic heterocycles. The van der Waals surface area contributed by atoms with Gasteiger partial charge < -0.3 is 10.1 Å². The molecule has 0 saturated carbocycles. The van der Waals surface area contributed by atoms with Crippen LogP contribution in [0.3, 0.4) is 0 Å². The number of ether oxygens (including phenoxy) is 1. The highest BCUT2D eigenvalue weighted by atomic mass is 32.1. The van der Waals surface area contributed by atoms with Crippen molar-refractivity contribution >= 4 is 17.2 Å². The van der Waals surface area contributed by atoms with Crippen molar-refractivity contribution in [3.05, 3.63) is 40.8 Å². The lowest BCUT2D eigenvalue weighted by atomic mass is 9.93. The predicted molar refractivity (Wildman–Crippen MR) is 95.0 cm³/mol. The topological polar surface area (TPSA) is 38.3 Å². The van der Waals surface area contributed by atoms with Gasteiger partial charge in [-0.1, -0.05) is 39.8 Å². The zero-order valence-corrected chi connectivity index (χ0v) is 14.9. The third-order valence-corrected chi connectivity index (χ3v) is 5.49. The van der Waals surface area contributed by atoms with E-state index in [0.29, 0.717) is 18.4 Å². The maximum Gasteiger partial charge on any atom is 0.261 e. The highest BCUT2D eigenvalue weighted by molar-refractivity contribution is 7.17. The smallest absolute Gasteiger partial charge is 0.261 e. The van der Waals surface area contributed by atoms with Crippen LogP contribution in [0.1, 0.15) is 42.9 Å². The molecule has 23 heavy (non-hydrogen) atoms. The van der Waals surface area contributed by atoms with Crippen LogP contribution in [0.25, 0.3) is 10.4 Å². The molecule has 0 spiro atoms. The second kappa shape index (κ2) is 6.36. The van der Waals surface area contributed by atoms with Gasteiger partial charge in [0.15, 0.2) is 0 Å². The summed E-state index contributed by atoms with van der Waals surface area (Å²) in [7, 11) is 0. The normalized spacial score (nSPS) is 13.0. The number of nitrogens with one attached hydrogen (secondary N) is 1. The van der Waals surface area contributed by atoms with Crippen LogP contribution < -0.4 is 10.1 Å². The predicted octanol–water partition coefficient (Wildman–Crippen LogP) is 4.72. The molecule has 0 atom stereocenters. The largest absolute Gasteiger partial charge is 0.488 e. The molecule has 0 aliphatic carbocycles. The molecule has 0 bridgehead atoms. The van der Waals surface area contributed by atoms with Gasteiger partial charge in [-0.3, -0.25) is 4.79 Å². The first kappa shape index (κ1) is 16.1. The van der Waals surface area contributed by atoms with Gasteiger partial charge in [0.25, 0.3) is 5.91 Å². The standard InChI is InChI=1S/C19H23NO2S/c1-11(2)17(12(3)4)20-19(21)16-9-13-10-22-15-8-6-5-7-14(15)18(13)23-16/h5-9,11-12,17H,10H2,1-4H3,(H,20,21). The minimum absolute atomic E-state index is 0.0225. The van der Waals surface area contributed by atoms with Gasteiger partial charge in [0.2, 0.25) is 0 Å². The number of benzene rings is 1. The first-order chi connectivity index (χ1) is 11.0. The van der Waals surface area contributed by atoms with Crippen molar-refractivity contribution in [2.24, 2.45) is 11.8 Å². The van der Waals surface area contributed by atoms with Gasteiger partial charge in [0.1, 0.15) is 12.4 Å². The molecule has 3 rings (SSSR count). The van der Waals surface area contributed by atoms with Gasteiger partial charge in [-0.15, -0.1) is 11.3 Å². The summed E-state index contributed by atoms with van der Waals surface area (Å²) in [6.45, 7) is 9.12. The van der Waals surface area contributed by atoms with Crippen LogP contribution in [0.15, 0.2) is 30.3 Å². The minimum atomic E-state index is 0.0225. The first-order valence-electron chi connectivity index (χ1n) is 8.13. The molecule has 1 aromatic carbocycles. The van der Waals surface area contributed by atoms with E-state index >= 15 is 0 Å².